The van der Waals surface area contributed by atoms with E-state index in [1.54, 1.807) is 17.5 Å². The Morgan fingerprint density at radius 2 is 2.38 bits per heavy atom. The Labute approximate surface area is 79.9 Å². The predicted octanol–water partition coefficient (Wildman–Crippen LogP) is 2.41. The van der Waals surface area contributed by atoms with Crippen LogP contribution in [0.25, 0.3) is 10.8 Å². The van der Waals surface area contributed by atoms with Gasteiger partial charge < -0.3 is 4.98 Å². The molecule has 1 saturated carbocycles. The fourth-order valence-corrected chi connectivity index (χ4v) is 2.20. The first kappa shape index (κ1) is 7.26. The van der Waals surface area contributed by atoms with E-state index in [1.807, 2.05) is 6.20 Å². The third-order valence-electron chi connectivity index (χ3n) is 2.22. The Morgan fingerprint density at radius 1 is 1.46 bits per heavy atom. The molecule has 0 aliphatic heterocycles. The van der Waals surface area contributed by atoms with Crippen molar-refractivity contribution in [3.8, 4) is 10.8 Å². The molecular weight excluding hydrogens is 182 g/mol. The maximum Gasteiger partial charge on any atom is 0.166 e. The van der Waals surface area contributed by atoms with Crippen LogP contribution in [-0.4, -0.2) is 15.0 Å². The minimum atomic E-state index is 0.736. The largest absolute Gasteiger partial charge is 0.343 e. The molecule has 1 aliphatic rings. The summed E-state index contributed by atoms with van der Waals surface area (Å²) in [5.41, 5.74) is 1.25. The van der Waals surface area contributed by atoms with Crippen LogP contribution in [0.3, 0.4) is 0 Å². The van der Waals surface area contributed by atoms with Crippen LogP contribution in [0.5, 0.6) is 0 Å². The summed E-state index contributed by atoms with van der Waals surface area (Å²) in [6.07, 6.45) is 6.20. The van der Waals surface area contributed by atoms with Crippen LogP contribution in [-0.2, 0) is 0 Å². The third-order valence-corrected chi connectivity index (χ3v) is 3.09. The molecule has 66 valence electrons. The van der Waals surface area contributed by atoms with Gasteiger partial charge in [-0.25, -0.2) is 9.97 Å². The summed E-state index contributed by atoms with van der Waals surface area (Å²) in [6, 6.07) is 0. The van der Waals surface area contributed by atoms with Gasteiger partial charge in [0.25, 0.3) is 0 Å². The zero-order valence-corrected chi connectivity index (χ0v) is 7.84. The lowest BCUT2D eigenvalue weighted by Crippen LogP contribution is -1.81. The molecule has 2 heterocycles. The van der Waals surface area contributed by atoms with E-state index in [2.05, 4.69) is 20.3 Å². The number of hydrogen-bond acceptors (Lipinski definition) is 3. The van der Waals surface area contributed by atoms with E-state index >= 15 is 0 Å². The van der Waals surface area contributed by atoms with Crippen molar-refractivity contribution in [2.75, 3.05) is 0 Å². The Hall–Kier alpha value is -1.16. The van der Waals surface area contributed by atoms with Crippen LogP contribution in [0.1, 0.15) is 24.5 Å². The van der Waals surface area contributed by atoms with Crippen LogP contribution in [0.2, 0.25) is 0 Å². The minimum Gasteiger partial charge on any atom is -0.343 e. The van der Waals surface area contributed by atoms with Crippen LogP contribution in [0.4, 0.5) is 0 Å². The van der Waals surface area contributed by atoms with Crippen molar-refractivity contribution in [2.24, 2.45) is 0 Å². The van der Waals surface area contributed by atoms with Crippen molar-refractivity contribution in [1.82, 2.24) is 15.0 Å². The first-order chi connectivity index (χ1) is 6.43. The second-order valence-electron chi connectivity index (χ2n) is 3.29. The summed E-state index contributed by atoms with van der Waals surface area (Å²) in [7, 11) is 0. The van der Waals surface area contributed by atoms with Gasteiger partial charge in [0.05, 0.1) is 5.69 Å². The van der Waals surface area contributed by atoms with Crippen LogP contribution in [0, 0.1) is 0 Å². The highest BCUT2D eigenvalue weighted by atomic mass is 32.1. The van der Waals surface area contributed by atoms with Crippen molar-refractivity contribution < 1.29 is 0 Å². The van der Waals surface area contributed by atoms with E-state index < -0.39 is 0 Å². The molecule has 1 aliphatic carbocycles. The molecular formula is C9H9N3S. The summed E-state index contributed by atoms with van der Waals surface area (Å²) in [5.74, 6) is 1.62. The summed E-state index contributed by atoms with van der Waals surface area (Å²) >= 11 is 1.67. The van der Waals surface area contributed by atoms with Gasteiger partial charge in [-0.2, -0.15) is 0 Å². The first-order valence-corrected chi connectivity index (χ1v) is 5.26. The lowest BCUT2D eigenvalue weighted by Gasteiger charge is -1.87. The second kappa shape index (κ2) is 2.67. The lowest BCUT2D eigenvalue weighted by molar-refractivity contribution is 1.05. The summed E-state index contributed by atoms with van der Waals surface area (Å²) in [4.78, 5) is 11.8. The maximum atomic E-state index is 4.54. The number of H-pyrrole nitrogens is 1. The molecule has 4 heteroatoms. The predicted molar refractivity (Wildman–Crippen MR) is 51.7 cm³/mol. The van der Waals surface area contributed by atoms with Gasteiger partial charge in [-0.15, -0.1) is 11.3 Å². The zero-order valence-electron chi connectivity index (χ0n) is 7.03. The van der Waals surface area contributed by atoms with Crippen LogP contribution in [0.15, 0.2) is 17.8 Å². The van der Waals surface area contributed by atoms with Crippen LogP contribution < -0.4 is 0 Å². The normalized spacial score (nSPS) is 16.3. The van der Waals surface area contributed by atoms with E-state index in [0.29, 0.717) is 0 Å². The zero-order chi connectivity index (χ0) is 8.67. The molecule has 2 aromatic heterocycles. The summed E-state index contributed by atoms with van der Waals surface area (Å²) in [6.45, 7) is 0. The average molecular weight is 191 g/mol. The highest BCUT2D eigenvalue weighted by Gasteiger charge is 2.26. The smallest absolute Gasteiger partial charge is 0.166 e. The van der Waals surface area contributed by atoms with Gasteiger partial charge in [-0.05, 0) is 12.8 Å². The number of hydrogen-bond donors (Lipinski definition) is 1. The van der Waals surface area contributed by atoms with E-state index in [1.165, 1.54) is 18.5 Å². The Morgan fingerprint density at radius 3 is 3.08 bits per heavy atom. The Kier molecular flexibility index (Phi) is 1.49. The van der Waals surface area contributed by atoms with E-state index in [-0.39, 0.29) is 0 Å². The topological polar surface area (TPSA) is 41.6 Å². The SMILES string of the molecule is c1c[nH]c(-c2nc(C3CC3)cs2)n1. The van der Waals surface area contributed by atoms with Crippen molar-refractivity contribution >= 4 is 11.3 Å². The monoisotopic (exact) mass is 191 g/mol. The van der Waals surface area contributed by atoms with Gasteiger partial charge in [0.1, 0.15) is 0 Å². The molecule has 1 fully saturated rings. The van der Waals surface area contributed by atoms with E-state index in [9.17, 15) is 0 Å². The minimum absolute atomic E-state index is 0.736. The number of rotatable bonds is 2. The molecule has 1 N–H and O–H groups in total. The third kappa shape index (κ3) is 1.27. The number of nitrogens with zero attached hydrogens (tertiary/aromatic N) is 2. The van der Waals surface area contributed by atoms with Gasteiger partial charge in [0.15, 0.2) is 10.8 Å². The second-order valence-corrected chi connectivity index (χ2v) is 4.15. The van der Waals surface area contributed by atoms with Crippen molar-refractivity contribution in [3.05, 3.63) is 23.5 Å². The first-order valence-electron chi connectivity index (χ1n) is 4.38. The number of aromatic amines is 1. The molecule has 2 aromatic rings. The van der Waals surface area contributed by atoms with Crippen molar-refractivity contribution in [2.45, 2.75) is 18.8 Å². The number of aromatic nitrogens is 3. The number of nitrogens with one attached hydrogen (secondary N) is 1. The van der Waals surface area contributed by atoms with Crippen molar-refractivity contribution in [1.29, 1.82) is 0 Å². The number of thiazole rings is 1. The standard InChI is InChI=1S/C9H9N3S/c1-2-6(1)7-5-13-9(12-7)8-10-3-4-11-8/h3-6H,1-2H2,(H,10,11). The molecule has 3 nitrogen and oxygen atoms in total. The molecule has 0 radical (unpaired) electrons. The molecule has 0 unspecified atom stereocenters. The molecule has 0 amide bonds. The highest BCUT2D eigenvalue weighted by Crippen LogP contribution is 2.41. The molecule has 3 rings (SSSR count). The van der Waals surface area contributed by atoms with Gasteiger partial charge >= 0.3 is 0 Å². The van der Waals surface area contributed by atoms with Gasteiger partial charge in [-0.3, -0.25) is 0 Å². The van der Waals surface area contributed by atoms with Gasteiger partial charge in [0.2, 0.25) is 0 Å². The van der Waals surface area contributed by atoms with Crippen LogP contribution >= 0.6 is 11.3 Å². The average Bonchev–Trinajstić information content (AvgIpc) is 2.72. The fourth-order valence-electron chi connectivity index (χ4n) is 1.34. The molecule has 13 heavy (non-hydrogen) atoms. The molecule has 0 saturated heterocycles. The van der Waals surface area contributed by atoms with Gasteiger partial charge in [0, 0.05) is 23.7 Å². The van der Waals surface area contributed by atoms with E-state index in [4.69, 9.17) is 0 Å². The number of imidazole rings is 1. The van der Waals surface area contributed by atoms with Crippen molar-refractivity contribution in [3.63, 3.8) is 0 Å². The van der Waals surface area contributed by atoms with E-state index in [0.717, 1.165) is 16.7 Å². The highest BCUT2D eigenvalue weighted by molar-refractivity contribution is 7.13. The molecule has 0 aromatic carbocycles. The van der Waals surface area contributed by atoms with Gasteiger partial charge in [-0.1, -0.05) is 0 Å². The lowest BCUT2D eigenvalue weighted by atomic mass is 10.3. The molecule has 0 spiro atoms. The Bertz CT molecular complexity index is 400. The molecule has 0 atom stereocenters. The summed E-state index contributed by atoms with van der Waals surface area (Å²) in [5, 5.41) is 3.15. The molecule has 0 bridgehead atoms. The fraction of sp³-hybridized carbons (Fsp3) is 0.333. The maximum absolute atomic E-state index is 4.54. The Balaban J connectivity index is 1.97. The quantitative estimate of drug-likeness (QED) is 0.792. The summed E-state index contributed by atoms with van der Waals surface area (Å²) < 4.78 is 0.